The molecule has 0 saturated heterocycles. The minimum atomic E-state index is -0.0437. The van der Waals surface area contributed by atoms with Gasteiger partial charge >= 0.3 is 0 Å². The zero-order valence-corrected chi connectivity index (χ0v) is 9.43. The lowest BCUT2D eigenvalue weighted by atomic mass is 10.2. The number of hydrogen-bond donors (Lipinski definition) is 0. The molecule has 4 heteroatoms. The molecule has 2 rings (SSSR count). The van der Waals surface area contributed by atoms with Crippen molar-refractivity contribution in [3.63, 3.8) is 0 Å². The lowest BCUT2D eigenvalue weighted by Gasteiger charge is -2.13. The second-order valence-corrected chi connectivity index (χ2v) is 3.60. The van der Waals surface area contributed by atoms with E-state index >= 15 is 0 Å². The molecule has 0 aliphatic carbocycles. The van der Waals surface area contributed by atoms with Gasteiger partial charge < -0.3 is 4.74 Å². The average Bonchev–Trinajstić information content (AvgIpc) is 2.61. The van der Waals surface area contributed by atoms with Gasteiger partial charge in [-0.25, -0.2) is 0 Å². The molecular formula is C12H14N2O2. The number of aryl methyl sites for hydroxylation is 1. The first-order valence-corrected chi connectivity index (χ1v) is 5.31. The Morgan fingerprint density at radius 3 is 2.88 bits per heavy atom. The number of para-hydroxylation sites is 1. The van der Waals surface area contributed by atoms with Gasteiger partial charge in [-0.3, -0.25) is 4.79 Å². The molecule has 1 aromatic carbocycles. The molecule has 0 unspecified atom stereocenters. The van der Waals surface area contributed by atoms with Crippen LogP contribution in [0.5, 0.6) is 0 Å². The zero-order valence-electron chi connectivity index (χ0n) is 9.43. The van der Waals surface area contributed by atoms with Gasteiger partial charge in [0.05, 0.1) is 12.3 Å². The lowest BCUT2D eigenvalue weighted by molar-refractivity contribution is -0.117. The van der Waals surface area contributed by atoms with Crippen molar-refractivity contribution < 1.29 is 9.53 Å². The van der Waals surface area contributed by atoms with E-state index in [1.807, 2.05) is 38.1 Å². The standard InChI is InChI=1S/C12H14N2O2/c1-3-16-11-8-12(15)14(13-11)10-7-5-4-6-9(10)2/h4-7H,3,8H2,1-2H3. The number of carbonyl (C=O) groups excluding carboxylic acids is 1. The van der Waals surface area contributed by atoms with Crippen molar-refractivity contribution in [3.05, 3.63) is 29.8 Å². The van der Waals surface area contributed by atoms with Crippen molar-refractivity contribution >= 4 is 17.5 Å². The van der Waals surface area contributed by atoms with Gasteiger partial charge in [0.15, 0.2) is 0 Å². The Bertz CT molecular complexity index is 440. The van der Waals surface area contributed by atoms with Crippen molar-refractivity contribution in [2.24, 2.45) is 5.10 Å². The summed E-state index contributed by atoms with van der Waals surface area (Å²) in [5.74, 6) is 0.452. The number of benzene rings is 1. The lowest BCUT2D eigenvalue weighted by Crippen LogP contribution is -2.20. The molecule has 0 N–H and O–H groups in total. The van der Waals surface area contributed by atoms with Crippen LogP contribution in [0.15, 0.2) is 29.4 Å². The number of anilines is 1. The Kier molecular flexibility index (Phi) is 2.90. The van der Waals surface area contributed by atoms with Crippen LogP contribution in [-0.4, -0.2) is 18.4 Å². The van der Waals surface area contributed by atoms with E-state index in [9.17, 15) is 4.79 Å². The molecule has 0 atom stereocenters. The minimum Gasteiger partial charge on any atom is -0.480 e. The third kappa shape index (κ3) is 1.91. The molecule has 1 aliphatic heterocycles. The summed E-state index contributed by atoms with van der Waals surface area (Å²) in [6, 6.07) is 7.67. The quantitative estimate of drug-likeness (QED) is 0.762. The third-order valence-electron chi connectivity index (χ3n) is 2.40. The Hall–Kier alpha value is -1.84. The van der Waals surface area contributed by atoms with Gasteiger partial charge in [-0.15, -0.1) is 5.10 Å². The third-order valence-corrected chi connectivity index (χ3v) is 2.40. The highest BCUT2D eigenvalue weighted by Gasteiger charge is 2.26. The monoisotopic (exact) mass is 218 g/mol. The molecule has 1 heterocycles. The summed E-state index contributed by atoms with van der Waals surface area (Å²) < 4.78 is 5.25. The first-order valence-electron chi connectivity index (χ1n) is 5.31. The maximum absolute atomic E-state index is 11.7. The maximum atomic E-state index is 11.7. The van der Waals surface area contributed by atoms with Crippen LogP contribution in [0.25, 0.3) is 0 Å². The van der Waals surface area contributed by atoms with E-state index in [-0.39, 0.29) is 12.3 Å². The van der Waals surface area contributed by atoms with Crippen LogP contribution < -0.4 is 5.01 Å². The summed E-state index contributed by atoms with van der Waals surface area (Å²) >= 11 is 0. The highest BCUT2D eigenvalue weighted by molar-refractivity contribution is 6.10. The number of amides is 1. The Balaban J connectivity index is 2.28. The van der Waals surface area contributed by atoms with E-state index in [0.29, 0.717) is 12.5 Å². The highest BCUT2D eigenvalue weighted by Crippen LogP contribution is 2.24. The van der Waals surface area contributed by atoms with Crippen molar-refractivity contribution in [1.82, 2.24) is 0 Å². The van der Waals surface area contributed by atoms with Crippen LogP contribution in [0.4, 0.5) is 5.69 Å². The Morgan fingerprint density at radius 1 is 1.44 bits per heavy atom. The molecule has 1 aliphatic rings. The second kappa shape index (κ2) is 4.35. The number of nitrogens with zero attached hydrogens (tertiary/aromatic N) is 2. The van der Waals surface area contributed by atoms with Crippen molar-refractivity contribution in [3.8, 4) is 0 Å². The van der Waals surface area contributed by atoms with Crippen LogP contribution in [0, 0.1) is 6.92 Å². The molecule has 0 spiro atoms. The van der Waals surface area contributed by atoms with Gasteiger partial charge in [0.25, 0.3) is 5.91 Å². The minimum absolute atomic E-state index is 0.0437. The van der Waals surface area contributed by atoms with E-state index in [2.05, 4.69) is 5.10 Å². The zero-order chi connectivity index (χ0) is 11.5. The predicted octanol–water partition coefficient (Wildman–Crippen LogP) is 2.08. The summed E-state index contributed by atoms with van der Waals surface area (Å²) in [5, 5.41) is 5.59. The van der Waals surface area contributed by atoms with Gasteiger partial charge in [0.2, 0.25) is 5.90 Å². The van der Waals surface area contributed by atoms with Gasteiger partial charge in [0, 0.05) is 0 Å². The molecule has 16 heavy (non-hydrogen) atoms. The Labute approximate surface area is 94.5 Å². The van der Waals surface area contributed by atoms with Crippen LogP contribution in [0.2, 0.25) is 0 Å². The molecule has 1 amide bonds. The highest BCUT2D eigenvalue weighted by atomic mass is 16.5. The topological polar surface area (TPSA) is 41.9 Å². The number of ether oxygens (including phenoxy) is 1. The predicted molar refractivity (Wildman–Crippen MR) is 62.3 cm³/mol. The molecule has 0 saturated carbocycles. The molecule has 0 fully saturated rings. The molecule has 1 aromatic rings. The molecule has 0 aromatic heterocycles. The fraction of sp³-hybridized carbons (Fsp3) is 0.333. The van der Waals surface area contributed by atoms with Crippen LogP contribution in [-0.2, 0) is 9.53 Å². The largest absolute Gasteiger partial charge is 0.480 e. The first-order chi connectivity index (χ1) is 7.72. The normalized spacial score (nSPS) is 15.2. The SMILES string of the molecule is CCOC1=NN(c2ccccc2C)C(=O)C1. The number of carbonyl (C=O) groups is 1. The summed E-state index contributed by atoms with van der Waals surface area (Å²) in [5.41, 5.74) is 1.85. The summed E-state index contributed by atoms with van der Waals surface area (Å²) in [7, 11) is 0. The molecule has 4 nitrogen and oxygen atoms in total. The molecular weight excluding hydrogens is 204 g/mol. The summed E-state index contributed by atoms with van der Waals surface area (Å²) in [6.45, 7) is 4.37. The van der Waals surface area contributed by atoms with E-state index in [1.165, 1.54) is 5.01 Å². The molecule has 0 bridgehead atoms. The number of hydrogen-bond acceptors (Lipinski definition) is 3. The van der Waals surface area contributed by atoms with Crippen molar-refractivity contribution in [2.45, 2.75) is 20.3 Å². The molecule has 0 radical (unpaired) electrons. The van der Waals surface area contributed by atoms with Gasteiger partial charge in [-0.2, -0.15) is 5.01 Å². The maximum Gasteiger partial charge on any atom is 0.256 e. The van der Waals surface area contributed by atoms with E-state index in [4.69, 9.17) is 4.74 Å². The fourth-order valence-electron chi connectivity index (χ4n) is 1.64. The van der Waals surface area contributed by atoms with Crippen LogP contribution in [0.1, 0.15) is 18.9 Å². The summed E-state index contributed by atoms with van der Waals surface area (Å²) in [4.78, 5) is 11.7. The van der Waals surface area contributed by atoms with E-state index < -0.39 is 0 Å². The number of hydrazone groups is 1. The van der Waals surface area contributed by atoms with E-state index in [0.717, 1.165) is 11.3 Å². The van der Waals surface area contributed by atoms with Crippen molar-refractivity contribution in [2.75, 3.05) is 11.6 Å². The van der Waals surface area contributed by atoms with Crippen molar-refractivity contribution in [1.29, 1.82) is 0 Å². The van der Waals surface area contributed by atoms with Crippen LogP contribution >= 0.6 is 0 Å². The van der Waals surface area contributed by atoms with Gasteiger partial charge in [0.1, 0.15) is 6.42 Å². The summed E-state index contributed by atoms with van der Waals surface area (Å²) in [6.07, 6.45) is 0.252. The van der Waals surface area contributed by atoms with Gasteiger partial charge in [-0.1, -0.05) is 18.2 Å². The van der Waals surface area contributed by atoms with E-state index in [1.54, 1.807) is 0 Å². The smallest absolute Gasteiger partial charge is 0.256 e. The first kappa shape index (κ1) is 10.7. The van der Waals surface area contributed by atoms with Crippen LogP contribution in [0.3, 0.4) is 0 Å². The second-order valence-electron chi connectivity index (χ2n) is 3.60. The Morgan fingerprint density at radius 2 is 2.19 bits per heavy atom. The number of rotatable bonds is 2. The van der Waals surface area contributed by atoms with Gasteiger partial charge in [-0.05, 0) is 25.5 Å². The molecule has 84 valence electrons. The fourth-order valence-corrected chi connectivity index (χ4v) is 1.64. The average molecular weight is 218 g/mol.